The zero-order chi connectivity index (χ0) is 7.82. The lowest BCUT2D eigenvalue weighted by Gasteiger charge is -1.93. The van der Waals surface area contributed by atoms with E-state index in [9.17, 15) is 0 Å². The second-order valence-corrected chi connectivity index (χ2v) is 2.35. The van der Waals surface area contributed by atoms with Gasteiger partial charge < -0.3 is 0 Å². The molecule has 0 heteroatoms. The van der Waals surface area contributed by atoms with Gasteiger partial charge in [0.25, 0.3) is 0 Å². The molecule has 0 aliphatic rings. The van der Waals surface area contributed by atoms with E-state index < -0.39 is 0 Å². The molecule has 0 rings (SSSR count). The van der Waals surface area contributed by atoms with E-state index in [1.807, 2.05) is 0 Å². The second-order valence-electron chi connectivity index (χ2n) is 2.35. The highest BCUT2D eigenvalue weighted by Crippen LogP contribution is 2.03. The Kier molecular flexibility index (Phi) is 6.25. The molecule has 0 nitrogen and oxygen atoms in total. The van der Waals surface area contributed by atoms with E-state index in [2.05, 4.69) is 39.0 Å². The van der Waals surface area contributed by atoms with Crippen molar-refractivity contribution in [1.82, 2.24) is 0 Å². The molecule has 10 heavy (non-hydrogen) atoms. The van der Waals surface area contributed by atoms with Crippen molar-refractivity contribution in [3.05, 3.63) is 23.8 Å². The summed E-state index contributed by atoms with van der Waals surface area (Å²) in [6, 6.07) is 0. The molecule has 0 atom stereocenters. The van der Waals surface area contributed by atoms with Crippen LogP contribution < -0.4 is 0 Å². The average molecular weight is 138 g/mol. The lowest BCUT2D eigenvalue weighted by Crippen LogP contribution is -1.73. The van der Waals surface area contributed by atoms with Crippen molar-refractivity contribution in [3.63, 3.8) is 0 Å². The van der Waals surface area contributed by atoms with Gasteiger partial charge in [0.1, 0.15) is 0 Å². The summed E-state index contributed by atoms with van der Waals surface area (Å²) in [6.45, 7) is 6.53. The first-order valence-electron chi connectivity index (χ1n) is 4.20. The van der Waals surface area contributed by atoms with Gasteiger partial charge in [0.2, 0.25) is 0 Å². The third kappa shape index (κ3) is 4.37. The van der Waals surface area contributed by atoms with Gasteiger partial charge in [-0.2, -0.15) is 0 Å². The van der Waals surface area contributed by atoms with Crippen LogP contribution in [0.15, 0.2) is 23.8 Å². The van der Waals surface area contributed by atoms with Crippen LogP contribution in [0.2, 0.25) is 0 Å². The summed E-state index contributed by atoms with van der Waals surface area (Å²) in [6.07, 6.45) is 10.2. The molecule has 0 aromatic heterocycles. The number of rotatable bonds is 4. The highest BCUT2D eigenvalue weighted by atomic mass is 13.9. The normalized spacial score (nSPS) is 12.9. The Morgan fingerprint density at radius 1 is 1.10 bits per heavy atom. The fourth-order valence-electron chi connectivity index (χ4n) is 0.862. The minimum atomic E-state index is 1.14. The van der Waals surface area contributed by atoms with Crippen LogP contribution in [0.25, 0.3) is 0 Å². The molecule has 0 saturated carbocycles. The van der Waals surface area contributed by atoms with E-state index in [1.54, 1.807) is 0 Å². The summed E-state index contributed by atoms with van der Waals surface area (Å²) >= 11 is 0. The van der Waals surface area contributed by atoms with Crippen molar-refractivity contribution < 1.29 is 0 Å². The lowest BCUT2D eigenvalue weighted by atomic mass is 10.1. The summed E-state index contributed by atoms with van der Waals surface area (Å²) in [5.74, 6) is 0. The van der Waals surface area contributed by atoms with E-state index in [0.717, 1.165) is 19.3 Å². The van der Waals surface area contributed by atoms with E-state index in [4.69, 9.17) is 0 Å². The van der Waals surface area contributed by atoms with Crippen LogP contribution in [0.5, 0.6) is 0 Å². The van der Waals surface area contributed by atoms with Gasteiger partial charge in [0.05, 0.1) is 0 Å². The summed E-state index contributed by atoms with van der Waals surface area (Å²) in [4.78, 5) is 0. The van der Waals surface area contributed by atoms with Crippen LogP contribution in [0.1, 0.15) is 40.0 Å². The van der Waals surface area contributed by atoms with Gasteiger partial charge in [-0.05, 0) is 19.3 Å². The largest absolute Gasteiger partial charge is 0.0845 e. The first-order chi connectivity index (χ1) is 4.85. The molecule has 0 aliphatic carbocycles. The zero-order valence-electron chi connectivity index (χ0n) is 7.35. The fraction of sp³-hybridized carbons (Fsp3) is 0.600. The SMILES string of the molecule is CCC=CC(=CCC)CC. The Balaban J connectivity index is 3.82. The summed E-state index contributed by atoms with van der Waals surface area (Å²) in [5.41, 5.74) is 1.46. The quantitative estimate of drug-likeness (QED) is 0.520. The van der Waals surface area contributed by atoms with Crippen LogP contribution in [0.3, 0.4) is 0 Å². The monoisotopic (exact) mass is 138 g/mol. The molecule has 0 spiro atoms. The Labute approximate surface area is 64.6 Å². The van der Waals surface area contributed by atoms with Crippen LogP contribution in [0, 0.1) is 0 Å². The van der Waals surface area contributed by atoms with Crippen LogP contribution in [0.4, 0.5) is 0 Å². The van der Waals surface area contributed by atoms with Gasteiger partial charge >= 0.3 is 0 Å². The molecule has 0 bridgehead atoms. The first-order valence-corrected chi connectivity index (χ1v) is 4.20. The van der Waals surface area contributed by atoms with Crippen molar-refractivity contribution in [2.24, 2.45) is 0 Å². The van der Waals surface area contributed by atoms with Crippen molar-refractivity contribution >= 4 is 0 Å². The Morgan fingerprint density at radius 3 is 2.20 bits per heavy atom. The molecule has 0 N–H and O–H groups in total. The highest BCUT2D eigenvalue weighted by Gasteiger charge is 1.83. The maximum Gasteiger partial charge on any atom is -0.0311 e. The smallest absolute Gasteiger partial charge is 0.0311 e. The second kappa shape index (κ2) is 6.60. The number of hydrogen-bond acceptors (Lipinski definition) is 0. The first kappa shape index (κ1) is 9.48. The zero-order valence-corrected chi connectivity index (χ0v) is 7.35. The molecule has 0 radical (unpaired) electrons. The average Bonchev–Trinajstić information content (AvgIpc) is 1.98. The molecule has 0 aliphatic heterocycles. The summed E-state index contributed by atoms with van der Waals surface area (Å²) in [5, 5.41) is 0. The molecule has 58 valence electrons. The van der Waals surface area contributed by atoms with Crippen molar-refractivity contribution in [1.29, 1.82) is 0 Å². The molecule has 0 heterocycles. The van der Waals surface area contributed by atoms with Crippen LogP contribution >= 0.6 is 0 Å². The van der Waals surface area contributed by atoms with Gasteiger partial charge in [-0.15, -0.1) is 0 Å². The van der Waals surface area contributed by atoms with Crippen molar-refractivity contribution in [2.45, 2.75) is 40.0 Å². The number of hydrogen-bond donors (Lipinski definition) is 0. The van der Waals surface area contributed by atoms with Gasteiger partial charge in [0.15, 0.2) is 0 Å². The van der Waals surface area contributed by atoms with Crippen molar-refractivity contribution in [3.8, 4) is 0 Å². The molecule has 0 fully saturated rings. The van der Waals surface area contributed by atoms with E-state index in [0.29, 0.717) is 0 Å². The molecule has 0 aromatic rings. The summed E-state index contributed by atoms with van der Waals surface area (Å²) < 4.78 is 0. The minimum absolute atomic E-state index is 1.14. The Hall–Kier alpha value is -0.520. The molecule has 0 amide bonds. The van der Waals surface area contributed by atoms with Gasteiger partial charge in [-0.3, -0.25) is 0 Å². The third-order valence-electron chi connectivity index (χ3n) is 1.44. The van der Waals surface area contributed by atoms with E-state index in [1.165, 1.54) is 5.57 Å². The standard InChI is InChI=1S/C10H18/c1-4-7-9-10(6-3)8-5-2/h7-9H,4-6H2,1-3H3. The molecular formula is C10H18. The van der Waals surface area contributed by atoms with E-state index in [-0.39, 0.29) is 0 Å². The Bertz CT molecular complexity index is 118. The van der Waals surface area contributed by atoms with Crippen LogP contribution in [-0.4, -0.2) is 0 Å². The summed E-state index contributed by atoms with van der Waals surface area (Å²) in [7, 11) is 0. The van der Waals surface area contributed by atoms with Crippen molar-refractivity contribution in [2.75, 3.05) is 0 Å². The minimum Gasteiger partial charge on any atom is -0.0845 e. The predicted octanol–water partition coefficient (Wildman–Crippen LogP) is 3.70. The number of allylic oxidation sites excluding steroid dienone is 4. The predicted molar refractivity (Wildman–Crippen MR) is 48.1 cm³/mol. The maximum absolute atomic E-state index is 2.28. The third-order valence-corrected chi connectivity index (χ3v) is 1.44. The molecule has 0 saturated heterocycles. The molecule has 0 aromatic carbocycles. The highest BCUT2D eigenvalue weighted by molar-refractivity contribution is 5.17. The van der Waals surface area contributed by atoms with Gasteiger partial charge in [-0.25, -0.2) is 0 Å². The lowest BCUT2D eigenvalue weighted by molar-refractivity contribution is 1.09. The van der Waals surface area contributed by atoms with Crippen LogP contribution in [-0.2, 0) is 0 Å². The topological polar surface area (TPSA) is 0 Å². The Morgan fingerprint density at radius 2 is 1.80 bits per heavy atom. The molecule has 0 unspecified atom stereocenters. The van der Waals surface area contributed by atoms with Gasteiger partial charge in [0, 0.05) is 0 Å². The molecular weight excluding hydrogens is 120 g/mol. The van der Waals surface area contributed by atoms with E-state index >= 15 is 0 Å². The fourth-order valence-corrected chi connectivity index (χ4v) is 0.862. The van der Waals surface area contributed by atoms with Gasteiger partial charge in [-0.1, -0.05) is 44.6 Å². The maximum atomic E-state index is 2.28.